The summed E-state index contributed by atoms with van der Waals surface area (Å²) in [7, 11) is 0. The first kappa shape index (κ1) is 13.3. The van der Waals surface area contributed by atoms with E-state index in [1.54, 1.807) is 12.4 Å². The quantitative estimate of drug-likeness (QED) is 0.911. The van der Waals surface area contributed by atoms with Crippen LogP contribution in [0.5, 0.6) is 0 Å². The molecular weight excluding hydrogens is 268 g/mol. The standard InChI is InChI=1S/C17H17ClN2/c18-17-4-2-14-7-11-20-12-8-15(14)16(17)3-1-13-5-9-19-10-6-13/h1-6,9-10,20H,7-8,11-12H2/b3-1-. The zero-order valence-corrected chi connectivity index (χ0v) is 12.0. The van der Waals surface area contributed by atoms with Gasteiger partial charge in [0, 0.05) is 17.4 Å². The Morgan fingerprint density at radius 1 is 1.00 bits per heavy atom. The fourth-order valence-corrected chi connectivity index (χ4v) is 2.85. The van der Waals surface area contributed by atoms with Crippen LogP contribution in [0.25, 0.3) is 12.2 Å². The molecule has 102 valence electrons. The molecule has 3 rings (SSSR count). The molecule has 0 saturated carbocycles. The number of rotatable bonds is 2. The molecule has 0 fully saturated rings. The highest BCUT2D eigenvalue weighted by Crippen LogP contribution is 2.27. The monoisotopic (exact) mass is 284 g/mol. The third-order valence-corrected chi connectivity index (χ3v) is 4.00. The van der Waals surface area contributed by atoms with Gasteiger partial charge in [-0.15, -0.1) is 0 Å². The van der Waals surface area contributed by atoms with Crippen molar-refractivity contribution in [2.75, 3.05) is 13.1 Å². The summed E-state index contributed by atoms with van der Waals surface area (Å²) in [5.41, 5.74) is 5.09. The van der Waals surface area contributed by atoms with E-state index in [-0.39, 0.29) is 0 Å². The van der Waals surface area contributed by atoms with Gasteiger partial charge >= 0.3 is 0 Å². The Hall–Kier alpha value is -1.64. The maximum Gasteiger partial charge on any atom is 0.0481 e. The van der Waals surface area contributed by atoms with Crippen LogP contribution >= 0.6 is 11.6 Å². The van der Waals surface area contributed by atoms with E-state index in [9.17, 15) is 0 Å². The maximum absolute atomic E-state index is 6.40. The highest BCUT2D eigenvalue weighted by molar-refractivity contribution is 6.32. The number of hydrogen-bond acceptors (Lipinski definition) is 2. The summed E-state index contributed by atoms with van der Waals surface area (Å²) in [6, 6.07) is 8.16. The normalized spacial score (nSPS) is 15.1. The number of nitrogens with one attached hydrogen (secondary N) is 1. The predicted molar refractivity (Wildman–Crippen MR) is 84.9 cm³/mol. The smallest absolute Gasteiger partial charge is 0.0481 e. The summed E-state index contributed by atoms with van der Waals surface area (Å²) in [6.45, 7) is 2.06. The van der Waals surface area contributed by atoms with Crippen LogP contribution in [-0.4, -0.2) is 18.1 Å². The largest absolute Gasteiger partial charge is 0.316 e. The molecule has 0 atom stereocenters. The zero-order valence-electron chi connectivity index (χ0n) is 11.3. The molecule has 1 aromatic heterocycles. The number of fused-ring (bicyclic) bond motifs is 1. The number of hydrogen-bond donors (Lipinski definition) is 1. The van der Waals surface area contributed by atoms with E-state index in [0.717, 1.165) is 42.1 Å². The van der Waals surface area contributed by atoms with Crippen LogP contribution in [0.2, 0.25) is 5.02 Å². The average molecular weight is 285 g/mol. The molecule has 1 N–H and O–H groups in total. The van der Waals surface area contributed by atoms with Crippen molar-refractivity contribution in [1.29, 1.82) is 0 Å². The summed E-state index contributed by atoms with van der Waals surface area (Å²) in [5, 5.41) is 4.27. The van der Waals surface area contributed by atoms with Gasteiger partial charge in [-0.2, -0.15) is 0 Å². The Balaban J connectivity index is 1.98. The van der Waals surface area contributed by atoms with Gasteiger partial charge in [-0.3, -0.25) is 4.98 Å². The molecule has 20 heavy (non-hydrogen) atoms. The second-order valence-corrected chi connectivity index (χ2v) is 5.37. The molecule has 1 aromatic carbocycles. The molecule has 3 heteroatoms. The Kier molecular flexibility index (Phi) is 4.14. The van der Waals surface area contributed by atoms with Crippen LogP contribution < -0.4 is 5.32 Å². The number of nitrogens with zero attached hydrogens (tertiary/aromatic N) is 1. The molecule has 0 radical (unpaired) electrons. The first-order chi connectivity index (χ1) is 9.84. The lowest BCUT2D eigenvalue weighted by atomic mass is 9.96. The van der Waals surface area contributed by atoms with Crippen LogP contribution in [-0.2, 0) is 12.8 Å². The molecule has 0 saturated heterocycles. The van der Waals surface area contributed by atoms with Crippen LogP contribution in [0.4, 0.5) is 0 Å². The molecule has 1 aliphatic rings. The summed E-state index contributed by atoms with van der Waals surface area (Å²) in [4.78, 5) is 4.03. The van der Waals surface area contributed by atoms with Crippen LogP contribution in [0, 0.1) is 0 Å². The number of halogens is 1. The van der Waals surface area contributed by atoms with Gasteiger partial charge in [0.2, 0.25) is 0 Å². The minimum atomic E-state index is 0.830. The van der Waals surface area contributed by atoms with Crippen molar-refractivity contribution in [2.24, 2.45) is 0 Å². The Morgan fingerprint density at radius 3 is 2.65 bits per heavy atom. The lowest BCUT2D eigenvalue weighted by Crippen LogP contribution is -2.16. The molecule has 0 spiro atoms. The van der Waals surface area contributed by atoms with Gasteiger partial charge in [0.25, 0.3) is 0 Å². The molecule has 0 amide bonds. The van der Waals surface area contributed by atoms with Crippen molar-refractivity contribution in [3.05, 3.63) is 63.9 Å². The average Bonchev–Trinajstić information content (AvgIpc) is 2.73. The minimum absolute atomic E-state index is 0.830. The van der Waals surface area contributed by atoms with Gasteiger partial charge in [-0.05, 0) is 66.4 Å². The summed E-state index contributed by atoms with van der Waals surface area (Å²) in [6.07, 6.45) is 9.94. The zero-order chi connectivity index (χ0) is 13.8. The molecule has 2 aromatic rings. The molecule has 2 heterocycles. The third-order valence-electron chi connectivity index (χ3n) is 3.67. The van der Waals surface area contributed by atoms with E-state index in [0.29, 0.717) is 0 Å². The van der Waals surface area contributed by atoms with E-state index in [2.05, 4.69) is 28.5 Å². The second kappa shape index (κ2) is 6.21. The SMILES string of the molecule is Clc1ccc2c(c1/C=C\c1ccncc1)CCNCC2. The molecular formula is C17H17ClN2. The number of aromatic nitrogens is 1. The van der Waals surface area contributed by atoms with Crippen LogP contribution in [0.15, 0.2) is 36.7 Å². The molecule has 2 nitrogen and oxygen atoms in total. The number of benzene rings is 1. The Labute approximate surface area is 124 Å². The van der Waals surface area contributed by atoms with Gasteiger partial charge in [0.1, 0.15) is 0 Å². The van der Waals surface area contributed by atoms with Crippen molar-refractivity contribution < 1.29 is 0 Å². The van der Waals surface area contributed by atoms with Gasteiger partial charge in [-0.25, -0.2) is 0 Å². The third kappa shape index (κ3) is 2.92. The summed E-state index contributed by atoms with van der Waals surface area (Å²) < 4.78 is 0. The maximum atomic E-state index is 6.40. The van der Waals surface area contributed by atoms with Crippen molar-refractivity contribution in [2.45, 2.75) is 12.8 Å². The second-order valence-electron chi connectivity index (χ2n) is 4.96. The fourth-order valence-electron chi connectivity index (χ4n) is 2.61. The van der Waals surface area contributed by atoms with Crippen LogP contribution in [0.3, 0.4) is 0 Å². The molecule has 0 aliphatic carbocycles. The highest BCUT2D eigenvalue weighted by Gasteiger charge is 2.12. The van der Waals surface area contributed by atoms with E-state index in [4.69, 9.17) is 11.6 Å². The summed E-state index contributed by atoms with van der Waals surface area (Å²) >= 11 is 6.40. The Morgan fingerprint density at radius 2 is 1.80 bits per heavy atom. The summed E-state index contributed by atoms with van der Waals surface area (Å²) in [5.74, 6) is 0. The van der Waals surface area contributed by atoms with Gasteiger partial charge in [0.15, 0.2) is 0 Å². The van der Waals surface area contributed by atoms with Crippen LogP contribution in [0.1, 0.15) is 22.3 Å². The van der Waals surface area contributed by atoms with E-state index >= 15 is 0 Å². The van der Waals surface area contributed by atoms with Crippen molar-refractivity contribution >= 4 is 23.8 Å². The lowest BCUT2D eigenvalue weighted by molar-refractivity contribution is 0.711. The van der Waals surface area contributed by atoms with Crippen molar-refractivity contribution in [3.63, 3.8) is 0 Å². The van der Waals surface area contributed by atoms with Crippen molar-refractivity contribution in [3.8, 4) is 0 Å². The van der Waals surface area contributed by atoms with E-state index < -0.39 is 0 Å². The Bertz CT molecular complexity index is 620. The molecule has 0 bridgehead atoms. The minimum Gasteiger partial charge on any atom is -0.316 e. The lowest BCUT2D eigenvalue weighted by Gasteiger charge is -2.11. The van der Waals surface area contributed by atoms with Crippen molar-refractivity contribution in [1.82, 2.24) is 10.3 Å². The van der Waals surface area contributed by atoms with Gasteiger partial charge in [-0.1, -0.05) is 29.8 Å². The molecule has 0 unspecified atom stereocenters. The van der Waals surface area contributed by atoms with Gasteiger partial charge in [0.05, 0.1) is 0 Å². The molecule has 1 aliphatic heterocycles. The first-order valence-corrected chi connectivity index (χ1v) is 7.31. The first-order valence-electron chi connectivity index (χ1n) is 6.93. The van der Waals surface area contributed by atoms with E-state index in [1.165, 1.54) is 11.1 Å². The highest BCUT2D eigenvalue weighted by atomic mass is 35.5. The van der Waals surface area contributed by atoms with E-state index in [1.807, 2.05) is 18.2 Å². The van der Waals surface area contributed by atoms with Gasteiger partial charge < -0.3 is 5.32 Å². The predicted octanol–water partition coefficient (Wildman–Crippen LogP) is 3.59. The number of pyridine rings is 1. The topological polar surface area (TPSA) is 24.9 Å². The fraction of sp³-hybridized carbons (Fsp3) is 0.235.